The highest BCUT2D eigenvalue weighted by Crippen LogP contribution is 2.20. The second-order valence-electron chi connectivity index (χ2n) is 5.31. The molecule has 1 heterocycles. The summed E-state index contributed by atoms with van der Waals surface area (Å²) >= 11 is 3.40. The Bertz CT molecular complexity index is 870. The Morgan fingerprint density at radius 1 is 1.13 bits per heavy atom. The number of nitrogens with one attached hydrogen (secondary N) is 1. The summed E-state index contributed by atoms with van der Waals surface area (Å²) in [4.78, 5) is 12.5. The number of carbonyl (C=O) groups excluding carboxylic acids is 1. The third kappa shape index (κ3) is 3.19. The monoisotopic (exact) mass is 369 g/mol. The number of aryl methyl sites for hydroxylation is 1. The average Bonchev–Trinajstić information content (AvgIpc) is 2.89. The molecule has 0 bridgehead atoms. The van der Waals surface area contributed by atoms with E-state index >= 15 is 0 Å². The summed E-state index contributed by atoms with van der Waals surface area (Å²) in [5.41, 5.74) is 4.21. The van der Waals surface area contributed by atoms with Gasteiger partial charge in [-0.15, -0.1) is 0 Å². The molecule has 23 heavy (non-hydrogen) atoms. The van der Waals surface area contributed by atoms with Gasteiger partial charge >= 0.3 is 0 Å². The van der Waals surface area contributed by atoms with E-state index in [1.54, 1.807) is 10.9 Å². The summed E-state index contributed by atoms with van der Waals surface area (Å²) < 4.78 is 2.72. The van der Waals surface area contributed by atoms with Gasteiger partial charge in [-0.1, -0.05) is 40.2 Å². The predicted octanol–water partition coefficient (Wildman–Crippen LogP) is 4.50. The topological polar surface area (TPSA) is 46.9 Å². The van der Waals surface area contributed by atoms with E-state index in [0.29, 0.717) is 5.56 Å². The highest BCUT2D eigenvalue weighted by Gasteiger charge is 2.16. The Labute approximate surface area is 143 Å². The minimum Gasteiger partial charge on any atom is -0.322 e. The van der Waals surface area contributed by atoms with Crippen molar-refractivity contribution in [1.29, 1.82) is 0 Å². The van der Waals surface area contributed by atoms with Crippen LogP contribution in [0.15, 0.2) is 59.2 Å². The zero-order valence-corrected chi connectivity index (χ0v) is 14.5. The Balaban J connectivity index is 1.90. The van der Waals surface area contributed by atoms with Crippen LogP contribution in [0.25, 0.3) is 5.69 Å². The summed E-state index contributed by atoms with van der Waals surface area (Å²) in [6.07, 6.45) is 1.61. The molecule has 1 aromatic heterocycles. The molecule has 0 saturated heterocycles. The van der Waals surface area contributed by atoms with Crippen molar-refractivity contribution in [3.05, 3.63) is 76.0 Å². The summed E-state index contributed by atoms with van der Waals surface area (Å²) in [5.74, 6) is -0.166. The molecule has 0 atom stereocenters. The molecule has 1 amide bonds. The molecule has 4 nitrogen and oxygen atoms in total. The van der Waals surface area contributed by atoms with Gasteiger partial charge in [0.15, 0.2) is 0 Å². The Kier molecular flexibility index (Phi) is 4.30. The molecule has 2 aromatic carbocycles. The number of anilines is 1. The summed E-state index contributed by atoms with van der Waals surface area (Å²) in [5, 5.41) is 7.27. The van der Waals surface area contributed by atoms with Gasteiger partial charge < -0.3 is 5.32 Å². The molecule has 3 rings (SSSR count). The van der Waals surface area contributed by atoms with Crippen molar-refractivity contribution in [2.45, 2.75) is 13.8 Å². The van der Waals surface area contributed by atoms with Crippen LogP contribution < -0.4 is 5.32 Å². The van der Waals surface area contributed by atoms with Crippen LogP contribution in [0.4, 0.5) is 5.69 Å². The molecule has 0 aliphatic rings. The fourth-order valence-corrected chi connectivity index (χ4v) is 2.84. The lowest BCUT2D eigenvalue weighted by Gasteiger charge is -2.09. The zero-order chi connectivity index (χ0) is 16.4. The zero-order valence-electron chi connectivity index (χ0n) is 12.9. The number of halogens is 1. The fraction of sp³-hybridized carbons (Fsp3) is 0.111. The van der Waals surface area contributed by atoms with E-state index in [1.165, 1.54) is 0 Å². The van der Waals surface area contributed by atoms with Gasteiger partial charge in [-0.25, -0.2) is 4.68 Å². The number of hydrogen-bond donors (Lipinski definition) is 1. The normalized spacial score (nSPS) is 10.6. The molecule has 0 aliphatic heterocycles. The molecule has 0 radical (unpaired) electrons. The molecule has 3 aromatic rings. The van der Waals surface area contributed by atoms with Gasteiger partial charge in [0.2, 0.25) is 0 Å². The third-order valence-corrected chi connectivity index (χ3v) is 4.17. The van der Waals surface area contributed by atoms with Crippen LogP contribution in [-0.4, -0.2) is 15.7 Å². The molecular formula is C18H16BrN3O. The number of benzene rings is 2. The van der Waals surface area contributed by atoms with Crippen LogP contribution >= 0.6 is 15.9 Å². The van der Waals surface area contributed by atoms with Crippen molar-refractivity contribution in [2.75, 3.05) is 5.32 Å². The van der Waals surface area contributed by atoms with Gasteiger partial charge in [0.25, 0.3) is 5.91 Å². The maximum absolute atomic E-state index is 12.5. The Hall–Kier alpha value is -2.40. The van der Waals surface area contributed by atoms with Crippen LogP contribution in [0.2, 0.25) is 0 Å². The van der Waals surface area contributed by atoms with E-state index in [2.05, 4.69) is 26.3 Å². The number of para-hydroxylation sites is 1. The number of carbonyl (C=O) groups is 1. The third-order valence-electron chi connectivity index (χ3n) is 3.68. The minimum atomic E-state index is -0.166. The van der Waals surface area contributed by atoms with Crippen LogP contribution in [0.5, 0.6) is 0 Å². The summed E-state index contributed by atoms with van der Waals surface area (Å²) in [6.45, 7) is 3.92. The molecule has 0 unspecified atom stereocenters. The van der Waals surface area contributed by atoms with Crippen LogP contribution in [0.3, 0.4) is 0 Å². The van der Waals surface area contributed by atoms with E-state index in [4.69, 9.17) is 0 Å². The van der Waals surface area contributed by atoms with Gasteiger partial charge in [-0.05, 0) is 43.7 Å². The Morgan fingerprint density at radius 3 is 2.65 bits per heavy atom. The number of hydrogen-bond acceptors (Lipinski definition) is 2. The molecule has 0 aliphatic carbocycles. The number of rotatable bonds is 3. The van der Waals surface area contributed by atoms with Gasteiger partial charge in [0.05, 0.1) is 23.1 Å². The average molecular weight is 370 g/mol. The number of nitrogens with zero attached hydrogens (tertiary/aromatic N) is 2. The van der Waals surface area contributed by atoms with Gasteiger partial charge in [-0.3, -0.25) is 4.79 Å². The summed E-state index contributed by atoms with van der Waals surface area (Å²) in [6, 6.07) is 15.5. The van der Waals surface area contributed by atoms with Crippen molar-refractivity contribution in [3.63, 3.8) is 0 Å². The van der Waals surface area contributed by atoms with Crippen molar-refractivity contribution in [3.8, 4) is 5.69 Å². The first-order chi connectivity index (χ1) is 11.1. The highest BCUT2D eigenvalue weighted by molar-refractivity contribution is 9.10. The lowest BCUT2D eigenvalue weighted by Crippen LogP contribution is -2.13. The molecule has 116 valence electrons. The second kappa shape index (κ2) is 6.38. The lowest BCUT2D eigenvalue weighted by atomic mass is 10.2. The van der Waals surface area contributed by atoms with Crippen molar-refractivity contribution in [1.82, 2.24) is 9.78 Å². The van der Waals surface area contributed by atoms with E-state index in [0.717, 1.165) is 27.1 Å². The largest absolute Gasteiger partial charge is 0.322 e. The van der Waals surface area contributed by atoms with E-state index in [9.17, 15) is 4.79 Å². The first-order valence-corrected chi connectivity index (χ1v) is 8.03. The van der Waals surface area contributed by atoms with Crippen LogP contribution in [0.1, 0.15) is 21.6 Å². The standard InChI is InChI=1S/C18H16BrN3O/c1-12-6-3-4-9-17(12)22-13(2)16(11-20-22)18(23)21-15-8-5-7-14(19)10-15/h3-11H,1-2H3,(H,21,23). The van der Waals surface area contributed by atoms with Crippen molar-refractivity contribution in [2.24, 2.45) is 0 Å². The van der Waals surface area contributed by atoms with Crippen molar-refractivity contribution >= 4 is 27.5 Å². The van der Waals surface area contributed by atoms with E-state index in [-0.39, 0.29) is 5.91 Å². The van der Waals surface area contributed by atoms with E-state index < -0.39 is 0 Å². The number of amides is 1. The highest BCUT2D eigenvalue weighted by atomic mass is 79.9. The van der Waals surface area contributed by atoms with Gasteiger partial charge in [-0.2, -0.15) is 5.10 Å². The van der Waals surface area contributed by atoms with Gasteiger partial charge in [0.1, 0.15) is 0 Å². The predicted molar refractivity (Wildman–Crippen MR) is 95.1 cm³/mol. The molecule has 0 fully saturated rings. The molecule has 0 saturated carbocycles. The molecule has 1 N–H and O–H groups in total. The lowest BCUT2D eigenvalue weighted by molar-refractivity contribution is 0.102. The quantitative estimate of drug-likeness (QED) is 0.738. The van der Waals surface area contributed by atoms with Crippen LogP contribution in [0, 0.1) is 13.8 Å². The van der Waals surface area contributed by atoms with Gasteiger partial charge in [0, 0.05) is 10.2 Å². The SMILES string of the molecule is Cc1ccccc1-n1ncc(C(=O)Nc2cccc(Br)c2)c1C. The van der Waals surface area contributed by atoms with Crippen LogP contribution in [-0.2, 0) is 0 Å². The maximum atomic E-state index is 12.5. The Morgan fingerprint density at radius 2 is 1.91 bits per heavy atom. The summed E-state index contributed by atoms with van der Waals surface area (Å²) in [7, 11) is 0. The smallest absolute Gasteiger partial charge is 0.259 e. The van der Waals surface area contributed by atoms with Crippen molar-refractivity contribution < 1.29 is 4.79 Å². The molecule has 5 heteroatoms. The maximum Gasteiger partial charge on any atom is 0.259 e. The second-order valence-corrected chi connectivity index (χ2v) is 6.22. The fourth-order valence-electron chi connectivity index (χ4n) is 2.44. The minimum absolute atomic E-state index is 0.166. The molecule has 0 spiro atoms. The first-order valence-electron chi connectivity index (χ1n) is 7.24. The first kappa shape index (κ1) is 15.5. The number of aromatic nitrogens is 2. The molecular weight excluding hydrogens is 354 g/mol. The van der Waals surface area contributed by atoms with E-state index in [1.807, 2.05) is 62.4 Å².